The van der Waals surface area contributed by atoms with Gasteiger partial charge in [-0.25, -0.2) is 4.79 Å². The molecule has 26 heteroatoms. The minimum Gasteiger partial charge on any atom is -0.497 e. The van der Waals surface area contributed by atoms with E-state index in [0.29, 0.717) is 48.7 Å². The number of methoxy groups -OCH3 is 4. The number of benzene rings is 6. The number of alkyl carbamates (subject to hydrolysis) is 1. The molecule has 0 spiro atoms. The number of carbonyl (C=O) groups is 8. The Hall–Kier alpha value is -9.80. The summed E-state index contributed by atoms with van der Waals surface area (Å²) in [5.74, 6) is -1.26. The molecule has 2 aliphatic rings. The quantitative estimate of drug-likeness (QED) is 0.0120. The molecule has 110 heavy (non-hydrogen) atoms. The zero-order valence-corrected chi connectivity index (χ0v) is 64.3. The monoisotopic (exact) mass is 1520 g/mol. The third-order valence-corrected chi connectivity index (χ3v) is 19.4. The Morgan fingerprint density at radius 1 is 0.436 bits per heavy atom. The number of nitrogens with one attached hydrogen (secondary N) is 3. The number of unbranched alkanes of at least 4 members (excludes halogenated alkanes) is 2. The Bertz CT molecular complexity index is 3540. The van der Waals surface area contributed by atoms with E-state index in [4.69, 9.17) is 66.3 Å². The van der Waals surface area contributed by atoms with Crippen molar-refractivity contribution in [1.82, 2.24) is 16.0 Å². The first-order valence-electron chi connectivity index (χ1n) is 37.2. The highest BCUT2D eigenvalue weighted by molar-refractivity contribution is 5.80. The first-order chi connectivity index (χ1) is 53.0. The van der Waals surface area contributed by atoms with Gasteiger partial charge in [0.25, 0.3) is 0 Å². The van der Waals surface area contributed by atoms with E-state index in [1.54, 1.807) is 28.4 Å². The fourth-order valence-electron chi connectivity index (χ4n) is 13.7. The van der Waals surface area contributed by atoms with Gasteiger partial charge in [-0.2, -0.15) is 0 Å². The second kappa shape index (κ2) is 43.0. The lowest BCUT2D eigenvalue weighted by atomic mass is 9.79. The number of esters is 3. The molecule has 0 saturated carbocycles. The van der Waals surface area contributed by atoms with E-state index in [-0.39, 0.29) is 83.1 Å². The molecule has 8 rings (SSSR count). The normalized spacial score (nSPS) is 20.0. The Morgan fingerprint density at radius 2 is 0.782 bits per heavy atom. The number of Topliss-reactive ketones (excluding diaryl/α,β-unsaturated/α-hetero) is 2. The first kappa shape index (κ1) is 85.8. The van der Waals surface area contributed by atoms with Crippen molar-refractivity contribution >= 4 is 47.4 Å². The highest BCUT2D eigenvalue weighted by atomic mass is 16.7. The molecule has 26 nitrogen and oxygen atoms in total. The number of aliphatic hydroxyl groups excluding tert-OH is 1. The summed E-state index contributed by atoms with van der Waals surface area (Å²) in [6, 6.07) is 48.0. The van der Waals surface area contributed by atoms with Crippen LogP contribution in [-0.2, 0) is 92.1 Å². The van der Waals surface area contributed by atoms with Crippen LogP contribution < -0.4 is 34.9 Å². The molecule has 6 aromatic rings. The van der Waals surface area contributed by atoms with Crippen molar-refractivity contribution in [2.45, 2.75) is 172 Å². The van der Waals surface area contributed by atoms with Crippen LogP contribution in [0.15, 0.2) is 158 Å². The molecule has 6 aromatic carbocycles. The van der Waals surface area contributed by atoms with Gasteiger partial charge < -0.3 is 87.4 Å². The van der Waals surface area contributed by atoms with Gasteiger partial charge in [0.05, 0.1) is 53.9 Å². The Labute approximate surface area is 643 Å². The number of hydrogen-bond acceptors (Lipinski definition) is 23. The number of amides is 3. The Morgan fingerprint density at radius 3 is 1.14 bits per heavy atom. The smallest absolute Gasteiger partial charge is 0.407 e. The maximum atomic E-state index is 13.0. The van der Waals surface area contributed by atoms with Crippen LogP contribution in [0.3, 0.4) is 0 Å². The molecule has 0 radical (unpaired) electrons. The van der Waals surface area contributed by atoms with Gasteiger partial charge in [-0.15, -0.1) is 0 Å². The van der Waals surface area contributed by atoms with Crippen molar-refractivity contribution in [2.75, 3.05) is 74.6 Å². The van der Waals surface area contributed by atoms with Crippen molar-refractivity contribution in [3.05, 3.63) is 191 Å². The van der Waals surface area contributed by atoms with Crippen LogP contribution in [-0.4, -0.2) is 182 Å². The lowest BCUT2D eigenvalue weighted by molar-refractivity contribution is -0.264. The minimum atomic E-state index is -1.36. The van der Waals surface area contributed by atoms with Gasteiger partial charge in [-0.05, 0) is 114 Å². The summed E-state index contributed by atoms with van der Waals surface area (Å²) < 4.78 is 84.6. The van der Waals surface area contributed by atoms with Gasteiger partial charge in [-0.1, -0.05) is 123 Å². The molecule has 2 heterocycles. The maximum Gasteiger partial charge on any atom is 0.407 e. The highest BCUT2D eigenvalue weighted by Crippen LogP contribution is 2.45. The summed E-state index contributed by atoms with van der Waals surface area (Å²) in [4.78, 5) is 102. The largest absolute Gasteiger partial charge is 0.497 e. The van der Waals surface area contributed by atoms with Gasteiger partial charge in [-0.3, -0.25) is 33.6 Å². The Balaban J connectivity index is 0.736. The zero-order chi connectivity index (χ0) is 79.2. The summed E-state index contributed by atoms with van der Waals surface area (Å²) in [6.45, 7) is 8.11. The average molecular weight is 1520 g/mol. The third kappa shape index (κ3) is 24.1. The molecule has 0 aliphatic carbocycles. The molecule has 11 atom stereocenters. The van der Waals surface area contributed by atoms with Crippen molar-refractivity contribution in [3.63, 3.8) is 0 Å². The van der Waals surface area contributed by atoms with Crippen LogP contribution >= 0.6 is 0 Å². The second-order valence-corrected chi connectivity index (χ2v) is 27.2. The van der Waals surface area contributed by atoms with Crippen LogP contribution in [0, 0.1) is 11.8 Å². The van der Waals surface area contributed by atoms with Crippen LogP contribution in [0.5, 0.6) is 23.0 Å². The molecule has 2 saturated heterocycles. The molecule has 1 unspecified atom stereocenters. The average Bonchev–Trinajstić information content (AvgIpc) is 0.755. The molecule has 594 valence electrons. The molecular formula is C84H105N3O23. The maximum absolute atomic E-state index is 13.0. The van der Waals surface area contributed by atoms with Crippen molar-refractivity contribution in [1.29, 1.82) is 0 Å². The van der Waals surface area contributed by atoms with Crippen LogP contribution in [0.1, 0.15) is 139 Å². The summed E-state index contributed by atoms with van der Waals surface area (Å²) >= 11 is 0. The van der Waals surface area contributed by atoms with Crippen molar-refractivity contribution < 1.29 is 110 Å². The fourth-order valence-corrected chi connectivity index (χ4v) is 13.7. The SMILES string of the molecule is COc1ccc(C(OC[C@H]2O[C@@H](OCCCCC(=O)CCCC(=O)OCC(O)COC(=O)NCCC(=O)CCCCO[C@@H]3O[C@H](COC(c4ccccc4)(c4ccc(OC)cc4)c4ccc(OC)cc4)[C@H](C)[C@H](OC(C)=O)[C@H]3NC(C)=O)[C@H](NC(C)=O)[C@@H](OC(C)=O)[C@H]2C)(c2ccccc2)c2ccc(OC)cc2)cc1. The standard InChI is InChI=1S/C84H105N3O23/c1-54-73(52-105-83(60-22-13-11-14-23-60,62-30-38-69(97-7)39-31-62)63-32-40-70(98-8)41-33-63)109-80(76(86-56(3)88)78(54)107-58(5)90)101-48-19-17-26-66(92)28-21-29-75(95)103-50-68(94)51-104-82(96)85-47-46-67(93)27-18-20-49-102-81-77(87-57(4)89)79(108-59(6)91)55(2)74(110-81)53-106-84(61-24-15-12-16-25-61,64-34-42-71(99-9)43-35-64)65-36-44-72(100-10)45-37-65/h11-16,22-25,30-45,54-55,68,73-74,76-81,94H,17-21,26-29,46-53H2,1-10H3,(H,85,96)(H,86,88)(H,87,89)/t54-,55-,68?,73+,74+,76+,77+,78-,79-,80+,81+/m0/s1. The molecule has 0 aromatic heterocycles. The summed E-state index contributed by atoms with van der Waals surface area (Å²) in [5.41, 5.74) is 2.39. The lowest BCUT2D eigenvalue weighted by Crippen LogP contribution is -2.63. The summed E-state index contributed by atoms with van der Waals surface area (Å²) in [7, 11) is 6.37. The minimum absolute atomic E-state index is 0.0160. The number of ketones is 2. The molecule has 4 N–H and O–H groups in total. The predicted octanol–water partition coefficient (Wildman–Crippen LogP) is 10.3. The molecule has 2 fully saturated rings. The third-order valence-electron chi connectivity index (χ3n) is 19.4. The van der Waals surface area contributed by atoms with Crippen LogP contribution in [0.4, 0.5) is 4.79 Å². The van der Waals surface area contributed by atoms with Crippen LogP contribution in [0.25, 0.3) is 0 Å². The van der Waals surface area contributed by atoms with Gasteiger partial charge in [0.1, 0.15) is 89.4 Å². The molecule has 2 aliphatic heterocycles. The van der Waals surface area contributed by atoms with E-state index >= 15 is 0 Å². The summed E-state index contributed by atoms with van der Waals surface area (Å²) in [6.07, 6.45) is -5.58. The number of aliphatic hydroxyl groups is 1. The molecule has 3 amide bonds. The van der Waals surface area contributed by atoms with E-state index in [2.05, 4.69) is 16.0 Å². The lowest BCUT2D eigenvalue weighted by Gasteiger charge is -2.46. The molecule has 0 bridgehead atoms. The van der Waals surface area contributed by atoms with E-state index in [1.165, 1.54) is 27.7 Å². The van der Waals surface area contributed by atoms with Gasteiger partial charge in [0.15, 0.2) is 12.6 Å². The highest BCUT2D eigenvalue weighted by Gasteiger charge is 2.51. The van der Waals surface area contributed by atoms with Crippen molar-refractivity contribution in [3.8, 4) is 23.0 Å². The predicted molar refractivity (Wildman–Crippen MR) is 403 cm³/mol. The topological polar surface area (TPSA) is 322 Å². The molecular weight excluding hydrogens is 1420 g/mol. The number of ether oxygens (including phenoxy) is 14. The fraction of sp³-hybridized carbons (Fsp3) is 0.476. The van der Waals surface area contributed by atoms with E-state index < -0.39 is 127 Å². The van der Waals surface area contributed by atoms with Crippen LogP contribution in [0.2, 0.25) is 0 Å². The Kier molecular flexibility index (Phi) is 33.5. The summed E-state index contributed by atoms with van der Waals surface area (Å²) in [5, 5.41) is 18.7. The van der Waals surface area contributed by atoms with Crippen molar-refractivity contribution in [2.24, 2.45) is 11.8 Å². The second-order valence-electron chi connectivity index (χ2n) is 27.2. The number of carbonyl (C=O) groups excluding carboxylic acids is 8. The van der Waals surface area contributed by atoms with Gasteiger partial charge in [0.2, 0.25) is 11.8 Å². The van der Waals surface area contributed by atoms with Gasteiger partial charge >= 0.3 is 24.0 Å². The van der Waals surface area contributed by atoms with Gasteiger partial charge in [0, 0.05) is 91.4 Å². The number of rotatable bonds is 43. The first-order valence-corrected chi connectivity index (χ1v) is 37.2. The van der Waals surface area contributed by atoms with E-state index in [1.807, 2.05) is 172 Å². The van der Waals surface area contributed by atoms with E-state index in [0.717, 1.165) is 33.4 Å². The van der Waals surface area contributed by atoms with E-state index in [9.17, 15) is 43.5 Å². The number of hydrogen-bond donors (Lipinski definition) is 4. The zero-order valence-electron chi connectivity index (χ0n) is 64.3.